The second-order valence-corrected chi connectivity index (χ2v) is 6.57. The van der Waals surface area contributed by atoms with Crippen LogP contribution in [0.15, 0.2) is 59.8 Å². The highest BCUT2D eigenvalue weighted by Gasteiger charge is 2.26. The van der Waals surface area contributed by atoms with Crippen molar-refractivity contribution in [2.24, 2.45) is 0 Å². The molecule has 1 aromatic heterocycles. The number of amides is 1. The third-order valence-corrected chi connectivity index (χ3v) is 5.12. The van der Waals surface area contributed by atoms with E-state index in [0.717, 1.165) is 21.8 Å². The highest BCUT2D eigenvalue weighted by Crippen LogP contribution is 2.36. The maximum atomic E-state index is 13.0. The van der Waals surface area contributed by atoms with Gasteiger partial charge in [-0.1, -0.05) is 54.2 Å². The fourth-order valence-corrected chi connectivity index (χ4v) is 3.77. The molecule has 0 fully saturated rings. The Labute approximate surface area is 146 Å². The first kappa shape index (κ1) is 16.6. The number of fused-ring (bicyclic) bond motifs is 1. The van der Waals surface area contributed by atoms with Gasteiger partial charge in [-0.2, -0.15) is 0 Å². The average Bonchev–Trinajstić information content (AvgIpc) is 3.04. The molecule has 3 rings (SSSR count). The molecule has 5 heteroatoms. The number of imidazole rings is 1. The number of carbonyl (C=O) groups is 1. The molecule has 0 bridgehead atoms. The van der Waals surface area contributed by atoms with Crippen molar-refractivity contribution in [3.8, 4) is 0 Å². The van der Waals surface area contributed by atoms with Gasteiger partial charge in [0.05, 0.1) is 11.0 Å². The van der Waals surface area contributed by atoms with Crippen LogP contribution in [0, 0.1) is 0 Å². The summed E-state index contributed by atoms with van der Waals surface area (Å²) in [6.45, 7) is 5.43. The van der Waals surface area contributed by atoms with Crippen LogP contribution in [0.5, 0.6) is 0 Å². The molecule has 4 nitrogen and oxygen atoms in total. The molecule has 3 aromatic rings. The summed E-state index contributed by atoms with van der Waals surface area (Å²) in [7, 11) is 0. The van der Waals surface area contributed by atoms with E-state index in [1.165, 1.54) is 11.8 Å². The first-order valence-electron chi connectivity index (χ1n) is 8.18. The summed E-state index contributed by atoms with van der Waals surface area (Å²) in [4.78, 5) is 22.8. The van der Waals surface area contributed by atoms with Crippen molar-refractivity contribution in [3.05, 3.63) is 60.2 Å². The lowest BCUT2D eigenvalue weighted by Gasteiger charge is -2.24. The lowest BCUT2D eigenvalue weighted by atomic mass is 10.1. The molecule has 0 saturated heterocycles. The van der Waals surface area contributed by atoms with E-state index in [9.17, 15) is 4.79 Å². The van der Waals surface area contributed by atoms with Gasteiger partial charge in [0, 0.05) is 13.1 Å². The van der Waals surface area contributed by atoms with Crippen LogP contribution < -0.4 is 0 Å². The van der Waals surface area contributed by atoms with Crippen molar-refractivity contribution in [2.75, 3.05) is 13.1 Å². The SMILES string of the molecule is CCN(CC)C(=O)[C@@H](Sc1nc2ccccc2[nH]1)c1ccccc1. The zero-order valence-corrected chi connectivity index (χ0v) is 14.7. The van der Waals surface area contributed by atoms with Gasteiger partial charge in [-0.3, -0.25) is 4.79 Å². The molecule has 0 spiro atoms. The van der Waals surface area contributed by atoms with Crippen molar-refractivity contribution >= 4 is 28.7 Å². The van der Waals surface area contributed by atoms with Gasteiger partial charge < -0.3 is 9.88 Å². The monoisotopic (exact) mass is 339 g/mol. The van der Waals surface area contributed by atoms with E-state index in [1.54, 1.807) is 0 Å². The Balaban J connectivity index is 1.93. The molecule has 124 valence electrons. The zero-order valence-electron chi connectivity index (χ0n) is 13.9. The van der Waals surface area contributed by atoms with Crippen molar-refractivity contribution in [2.45, 2.75) is 24.3 Å². The fraction of sp³-hybridized carbons (Fsp3) is 0.263. The van der Waals surface area contributed by atoms with Gasteiger partial charge in [-0.05, 0) is 31.5 Å². The summed E-state index contributed by atoms with van der Waals surface area (Å²) >= 11 is 1.48. The molecule has 1 heterocycles. The van der Waals surface area contributed by atoms with Crippen LogP contribution in [-0.2, 0) is 4.79 Å². The van der Waals surface area contributed by atoms with E-state index in [4.69, 9.17) is 0 Å². The fourth-order valence-electron chi connectivity index (χ4n) is 2.69. The first-order valence-corrected chi connectivity index (χ1v) is 9.06. The number of nitrogens with zero attached hydrogens (tertiary/aromatic N) is 2. The number of carbonyl (C=O) groups excluding carboxylic acids is 1. The van der Waals surface area contributed by atoms with Crippen molar-refractivity contribution in [3.63, 3.8) is 0 Å². The number of rotatable bonds is 6. The van der Waals surface area contributed by atoms with Crippen molar-refractivity contribution < 1.29 is 4.79 Å². The number of para-hydroxylation sites is 2. The molecule has 1 atom stereocenters. The normalized spacial score (nSPS) is 12.2. The van der Waals surface area contributed by atoms with Crippen LogP contribution in [0.25, 0.3) is 11.0 Å². The largest absolute Gasteiger partial charge is 0.342 e. The highest BCUT2D eigenvalue weighted by atomic mass is 32.2. The Morgan fingerprint density at radius 2 is 1.75 bits per heavy atom. The Kier molecular flexibility index (Phi) is 5.20. The molecular formula is C19H21N3OS. The van der Waals surface area contributed by atoms with Crippen LogP contribution in [-0.4, -0.2) is 33.9 Å². The van der Waals surface area contributed by atoms with E-state index >= 15 is 0 Å². The molecule has 0 radical (unpaired) electrons. The van der Waals surface area contributed by atoms with Gasteiger partial charge >= 0.3 is 0 Å². The standard InChI is InChI=1S/C19H21N3OS/c1-3-22(4-2)18(23)17(14-10-6-5-7-11-14)24-19-20-15-12-8-9-13-16(15)21-19/h5-13,17H,3-4H2,1-2H3,(H,20,21)/t17-/m0/s1. The molecule has 1 N–H and O–H groups in total. The van der Waals surface area contributed by atoms with Crippen LogP contribution in [0.2, 0.25) is 0 Å². The third-order valence-electron chi connectivity index (χ3n) is 4.00. The highest BCUT2D eigenvalue weighted by molar-refractivity contribution is 8.00. The first-order chi connectivity index (χ1) is 11.7. The Bertz CT molecular complexity index is 779. The topological polar surface area (TPSA) is 49.0 Å². The van der Waals surface area contributed by atoms with Crippen molar-refractivity contribution in [1.29, 1.82) is 0 Å². The Morgan fingerprint density at radius 1 is 1.08 bits per heavy atom. The van der Waals surface area contributed by atoms with Gasteiger partial charge in [-0.15, -0.1) is 0 Å². The number of hydrogen-bond donors (Lipinski definition) is 1. The minimum Gasteiger partial charge on any atom is -0.342 e. The van der Waals surface area contributed by atoms with E-state index in [2.05, 4.69) is 9.97 Å². The summed E-state index contributed by atoms with van der Waals surface area (Å²) < 4.78 is 0. The lowest BCUT2D eigenvalue weighted by molar-refractivity contribution is -0.130. The molecule has 24 heavy (non-hydrogen) atoms. The van der Waals surface area contributed by atoms with Gasteiger partial charge in [-0.25, -0.2) is 4.98 Å². The van der Waals surface area contributed by atoms with Crippen molar-refractivity contribution in [1.82, 2.24) is 14.9 Å². The second-order valence-electron chi connectivity index (χ2n) is 5.48. The quantitative estimate of drug-likeness (QED) is 0.683. The van der Waals surface area contributed by atoms with Gasteiger partial charge in [0.2, 0.25) is 5.91 Å². The number of H-pyrrole nitrogens is 1. The summed E-state index contributed by atoms with van der Waals surface area (Å²) in [5, 5.41) is 0.470. The molecule has 0 saturated carbocycles. The van der Waals surface area contributed by atoms with Crippen LogP contribution in [0.3, 0.4) is 0 Å². The summed E-state index contributed by atoms with van der Waals surface area (Å²) in [6.07, 6.45) is 0. The second kappa shape index (κ2) is 7.53. The summed E-state index contributed by atoms with van der Waals surface area (Å²) in [6, 6.07) is 17.8. The molecule has 1 amide bonds. The zero-order chi connectivity index (χ0) is 16.9. The van der Waals surface area contributed by atoms with E-state index < -0.39 is 0 Å². The smallest absolute Gasteiger partial charge is 0.240 e. The molecule has 0 aliphatic rings. The molecular weight excluding hydrogens is 318 g/mol. The number of hydrogen-bond acceptors (Lipinski definition) is 3. The van der Waals surface area contributed by atoms with Gasteiger partial charge in [0.25, 0.3) is 0 Å². The van der Waals surface area contributed by atoms with Crippen LogP contribution >= 0.6 is 11.8 Å². The van der Waals surface area contributed by atoms with E-state index in [-0.39, 0.29) is 11.2 Å². The maximum absolute atomic E-state index is 13.0. The molecule has 0 unspecified atom stereocenters. The minimum atomic E-state index is -0.299. The number of aromatic nitrogens is 2. The number of likely N-dealkylation sites (N-methyl/N-ethyl adjacent to an activating group) is 1. The molecule has 0 aliphatic carbocycles. The number of benzene rings is 2. The van der Waals surface area contributed by atoms with Crippen LogP contribution in [0.1, 0.15) is 24.7 Å². The summed E-state index contributed by atoms with van der Waals surface area (Å²) in [5.41, 5.74) is 2.91. The third kappa shape index (κ3) is 3.46. The summed E-state index contributed by atoms with van der Waals surface area (Å²) in [5.74, 6) is 0.122. The number of aromatic amines is 1. The minimum absolute atomic E-state index is 0.122. The van der Waals surface area contributed by atoms with Gasteiger partial charge in [0.1, 0.15) is 5.25 Å². The van der Waals surface area contributed by atoms with E-state index in [1.807, 2.05) is 73.3 Å². The average molecular weight is 339 g/mol. The predicted molar refractivity (Wildman–Crippen MR) is 99.1 cm³/mol. The number of thioether (sulfide) groups is 1. The maximum Gasteiger partial charge on any atom is 0.240 e. The predicted octanol–water partition coefficient (Wildman–Crippen LogP) is 4.26. The molecule has 2 aromatic carbocycles. The van der Waals surface area contributed by atoms with Gasteiger partial charge in [0.15, 0.2) is 5.16 Å². The van der Waals surface area contributed by atoms with Crippen LogP contribution in [0.4, 0.5) is 0 Å². The lowest BCUT2D eigenvalue weighted by Crippen LogP contribution is -2.33. The molecule has 0 aliphatic heterocycles. The Hall–Kier alpha value is -2.27. The van der Waals surface area contributed by atoms with E-state index in [0.29, 0.717) is 13.1 Å². The number of nitrogens with one attached hydrogen (secondary N) is 1. The Morgan fingerprint density at radius 3 is 2.42 bits per heavy atom.